The molecule has 17 heavy (non-hydrogen) atoms. The van der Waals surface area contributed by atoms with Gasteiger partial charge in [-0.05, 0) is 17.5 Å². The third kappa shape index (κ3) is 3.52. The lowest BCUT2D eigenvalue weighted by molar-refractivity contribution is 0.829. The second-order valence-corrected chi connectivity index (χ2v) is 5.82. The van der Waals surface area contributed by atoms with Crippen LogP contribution in [0.15, 0.2) is 34.1 Å². The largest absolute Gasteiger partial charge is 0.323 e. The van der Waals surface area contributed by atoms with Crippen molar-refractivity contribution in [3.8, 4) is 0 Å². The van der Waals surface area contributed by atoms with Crippen molar-refractivity contribution in [3.05, 3.63) is 40.9 Å². The number of hydrogen-bond acceptors (Lipinski definition) is 5. The van der Waals surface area contributed by atoms with Crippen LogP contribution in [-0.2, 0) is 6.42 Å². The maximum Gasteiger partial charge on any atom is 0.174 e. The third-order valence-corrected chi connectivity index (χ3v) is 4.52. The van der Waals surface area contributed by atoms with Crippen LogP contribution in [0.3, 0.4) is 0 Å². The summed E-state index contributed by atoms with van der Waals surface area (Å²) in [7, 11) is 0. The predicted molar refractivity (Wildman–Crippen MR) is 73.4 cm³/mol. The molecular formula is C12H15N3S2. The van der Waals surface area contributed by atoms with Crippen LogP contribution in [0.4, 0.5) is 0 Å². The molecule has 2 N–H and O–H groups in total. The SMILES string of the molecule is CCc1ccc(C(N)CSc2nncs2)cc1. The van der Waals surface area contributed by atoms with E-state index in [9.17, 15) is 0 Å². The highest BCUT2D eigenvalue weighted by Crippen LogP contribution is 2.24. The molecule has 0 aliphatic heterocycles. The number of nitrogens with zero attached hydrogens (tertiary/aromatic N) is 2. The number of hydrogen-bond donors (Lipinski definition) is 1. The summed E-state index contributed by atoms with van der Waals surface area (Å²) >= 11 is 3.21. The van der Waals surface area contributed by atoms with E-state index in [2.05, 4.69) is 41.4 Å². The summed E-state index contributed by atoms with van der Waals surface area (Å²) in [6.45, 7) is 2.15. The minimum Gasteiger partial charge on any atom is -0.323 e. The Morgan fingerprint density at radius 2 is 2.12 bits per heavy atom. The summed E-state index contributed by atoms with van der Waals surface area (Å²) in [5, 5.41) is 7.79. The number of aryl methyl sites for hydroxylation is 1. The number of aromatic nitrogens is 2. The van der Waals surface area contributed by atoms with Crippen LogP contribution >= 0.6 is 23.1 Å². The smallest absolute Gasteiger partial charge is 0.174 e. The van der Waals surface area contributed by atoms with Crippen molar-refractivity contribution in [1.29, 1.82) is 0 Å². The second-order valence-electron chi connectivity index (χ2n) is 3.72. The lowest BCUT2D eigenvalue weighted by Crippen LogP contribution is -2.12. The van der Waals surface area contributed by atoms with Crippen molar-refractivity contribution in [2.45, 2.75) is 23.7 Å². The molecule has 0 radical (unpaired) electrons. The lowest BCUT2D eigenvalue weighted by Gasteiger charge is -2.10. The summed E-state index contributed by atoms with van der Waals surface area (Å²) in [5.41, 5.74) is 10.4. The van der Waals surface area contributed by atoms with Crippen molar-refractivity contribution in [2.24, 2.45) is 5.73 Å². The minimum absolute atomic E-state index is 0.0507. The maximum absolute atomic E-state index is 6.14. The molecule has 3 nitrogen and oxygen atoms in total. The van der Waals surface area contributed by atoms with E-state index in [1.54, 1.807) is 28.6 Å². The summed E-state index contributed by atoms with van der Waals surface area (Å²) in [6.07, 6.45) is 1.06. The molecule has 1 atom stereocenters. The Morgan fingerprint density at radius 1 is 1.35 bits per heavy atom. The average molecular weight is 265 g/mol. The van der Waals surface area contributed by atoms with Crippen molar-refractivity contribution in [2.75, 3.05) is 5.75 Å². The van der Waals surface area contributed by atoms with E-state index < -0.39 is 0 Å². The second kappa shape index (κ2) is 6.14. The molecule has 0 fully saturated rings. The van der Waals surface area contributed by atoms with Gasteiger partial charge in [0.05, 0.1) is 0 Å². The van der Waals surface area contributed by atoms with Gasteiger partial charge in [-0.25, -0.2) is 0 Å². The van der Waals surface area contributed by atoms with Crippen LogP contribution in [-0.4, -0.2) is 16.0 Å². The molecule has 0 aliphatic rings. The molecule has 0 amide bonds. The van der Waals surface area contributed by atoms with E-state index in [1.807, 2.05) is 0 Å². The Kier molecular flexibility index (Phi) is 4.53. The van der Waals surface area contributed by atoms with E-state index in [4.69, 9.17) is 5.73 Å². The fourth-order valence-corrected chi connectivity index (χ4v) is 2.99. The van der Waals surface area contributed by atoms with Crippen molar-refractivity contribution < 1.29 is 0 Å². The first-order chi connectivity index (χ1) is 8.29. The topological polar surface area (TPSA) is 51.8 Å². The first-order valence-corrected chi connectivity index (χ1v) is 7.39. The van der Waals surface area contributed by atoms with Crippen molar-refractivity contribution in [3.63, 3.8) is 0 Å². The van der Waals surface area contributed by atoms with Gasteiger partial charge in [-0.3, -0.25) is 0 Å². The van der Waals surface area contributed by atoms with Gasteiger partial charge >= 0.3 is 0 Å². The normalized spacial score (nSPS) is 12.6. The zero-order valence-electron chi connectivity index (χ0n) is 9.67. The van der Waals surface area contributed by atoms with Gasteiger partial charge in [0.1, 0.15) is 5.51 Å². The van der Waals surface area contributed by atoms with Gasteiger partial charge in [0.25, 0.3) is 0 Å². The minimum atomic E-state index is 0.0507. The van der Waals surface area contributed by atoms with Gasteiger partial charge in [-0.2, -0.15) is 0 Å². The number of rotatable bonds is 5. The summed E-state index contributed by atoms with van der Waals surface area (Å²) in [5.74, 6) is 0.834. The van der Waals surface area contributed by atoms with Gasteiger partial charge in [0.15, 0.2) is 4.34 Å². The molecule has 2 rings (SSSR count). The number of nitrogens with two attached hydrogens (primary N) is 1. The van der Waals surface area contributed by atoms with E-state index in [0.717, 1.165) is 16.5 Å². The maximum atomic E-state index is 6.14. The first-order valence-electron chi connectivity index (χ1n) is 5.53. The van der Waals surface area contributed by atoms with Gasteiger partial charge in [0, 0.05) is 11.8 Å². The molecule has 0 saturated carbocycles. The van der Waals surface area contributed by atoms with E-state index >= 15 is 0 Å². The Hall–Kier alpha value is -0.910. The fourth-order valence-electron chi connectivity index (χ4n) is 1.48. The molecule has 1 aromatic heterocycles. The fraction of sp³-hybridized carbons (Fsp3) is 0.333. The Labute approximate surface area is 109 Å². The third-order valence-electron chi connectivity index (χ3n) is 2.54. The highest BCUT2D eigenvalue weighted by atomic mass is 32.2. The van der Waals surface area contributed by atoms with E-state index in [1.165, 1.54) is 11.1 Å². The van der Waals surface area contributed by atoms with Crippen molar-refractivity contribution in [1.82, 2.24) is 10.2 Å². The lowest BCUT2D eigenvalue weighted by atomic mass is 10.1. The Bertz CT molecular complexity index is 439. The van der Waals surface area contributed by atoms with E-state index in [0.29, 0.717) is 0 Å². The van der Waals surface area contributed by atoms with Gasteiger partial charge in [-0.15, -0.1) is 10.2 Å². The molecular weight excluding hydrogens is 250 g/mol. The monoisotopic (exact) mass is 265 g/mol. The van der Waals surface area contributed by atoms with Crippen LogP contribution in [0.1, 0.15) is 24.1 Å². The summed E-state index contributed by atoms with van der Waals surface area (Å²) in [6, 6.07) is 8.57. The van der Waals surface area contributed by atoms with Crippen LogP contribution in [0.25, 0.3) is 0 Å². The summed E-state index contributed by atoms with van der Waals surface area (Å²) < 4.78 is 0.977. The molecule has 1 heterocycles. The molecule has 5 heteroatoms. The van der Waals surface area contributed by atoms with Crippen molar-refractivity contribution >= 4 is 23.1 Å². The molecule has 0 bridgehead atoms. The number of thioether (sulfide) groups is 1. The molecule has 90 valence electrons. The molecule has 0 aliphatic carbocycles. The molecule has 0 saturated heterocycles. The molecule has 0 spiro atoms. The standard InChI is InChI=1S/C12H15N3S2/c1-2-9-3-5-10(6-4-9)11(13)7-16-12-15-14-8-17-12/h3-6,8,11H,2,7,13H2,1H3. The molecule has 1 aromatic carbocycles. The van der Waals surface area contributed by atoms with Crippen LogP contribution < -0.4 is 5.73 Å². The Balaban J connectivity index is 1.92. The highest BCUT2D eigenvalue weighted by Gasteiger charge is 2.07. The zero-order chi connectivity index (χ0) is 12.1. The van der Waals surface area contributed by atoms with Crippen LogP contribution in [0.2, 0.25) is 0 Å². The zero-order valence-corrected chi connectivity index (χ0v) is 11.3. The van der Waals surface area contributed by atoms with Gasteiger partial charge < -0.3 is 5.73 Å². The van der Waals surface area contributed by atoms with Crippen LogP contribution in [0, 0.1) is 0 Å². The quantitative estimate of drug-likeness (QED) is 0.845. The van der Waals surface area contributed by atoms with Crippen LogP contribution in [0.5, 0.6) is 0 Å². The molecule has 2 aromatic rings. The average Bonchev–Trinajstić information content (AvgIpc) is 2.89. The first kappa shape index (κ1) is 12.5. The molecule has 1 unspecified atom stereocenters. The predicted octanol–water partition coefficient (Wildman–Crippen LogP) is 2.89. The van der Waals surface area contributed by atoms with Gasteiger partial charge in [0.2, 0.25) is 0 Å². The highest BCUT2D eigenvalue weighted by molar-refractivity contribution is 8.01. The van der Waals surface area contributed by atoms with E-state index in [-0.39, 0.29) is 6.04 Å². The Morgan fingerprint density at radius 3 is 2.71 bits per heavy atom. The van der Waals surface area contributed by atoms with Gasteiger partial charge in [-0.1, -0.05) is 54.3 Å². The number of benzene rings is 1. The summed E-state index contributed by atoms with van der Waals surface area (Å²) in [4.78, 5) is 0.